The van der Waals surface area contributed by atoms with Gasteiger partial charge in [0.05, 0.1) is 29.3 Å². The van der Waals surface area contributed by atoms with Crippen LogP contribution in [-0.4, -0.2) is 39.1 Å². The van der Waals surface area contributed by atoms with Crippen LogP contribution in [0.25, 0.3) is 16.7 Å². The van der Waals surface area contributed by atoms with Crippen molar-refractivity contribution in [3.63, 3.8) is 0 Å². The Morgan fingerprint density at radius 3 is 2.86 bits per heavy atom. The zero-order valence-electron chi connectivity index (χ0n) is 12.0. The van der Waals surface area contributed by atoms with E-state index in [1.807, 2.05) is 7.05 Å². The summed E-state index contributed by atoms with van der Waals surface area (Å²) in [6, 6.07) is 0. The molecule has 4 aromatic rings. The van der Waals surface area contributed by atoms with E-state index in [0.717, 1.165) is 22.5 Å². The number of nitrogens with zero attached hydrogens (tertiary/aromatic N) is 8. The normalized spacial score (nSPS) is 13.2. The molecule has 4 rings (SSSR count). The standard InChI is InChI=1S/C13H13ClN8/c1-8(5-21-6-9(14)3-17-21)11-18-13-10-4-16-20(2)12(10)15-7-22(13)19-11/h3-4,6-8H,5H2,1-2H3/t8-/m0/s1. The molecule has 9 heteroatoms. The van der Waals surface area contributed by atoms with Crippen molar-refractivity contribution in [2.45, 2.75) is 19.4 Å². The molecule has 4 heterocycles. The first-order chi connectivity index (χ1) is 10.6. The molecule has 22 heavy (non-hydrogen) atoms. The largest absolute Gasteiger partial charge is 0.270 e. The van der Waals surface area contributed by atoms with Crippen LogP contribution < -0.4 is 0 Å². The fraction of sp³-hybridized carbons (Fsp3) is 0.308. The molecule has 0 aliphatic carbocycles. The van der Waals surface area contributed by atoms with Crippen molar-refractivity contribution in [2.24, 2.45) is 7.05 Å². The SMILES string of the molecule is C[C@@H](Cn1cc(Cl)cn1)c1nc2c3cnn(C)c3ncn2n1. The smallest absolute Gasteiger partial charge is 0.170 e. The molecule has 0 aliphatic heterocycles. The van der Waals surface area contributed by atoms with Crippen molar-refractivity contribution in [1.82, 2.24) is 39.1 Å². The molecule has 0 fully saturated rings. The molecule has 0 aromatic carbocycles. The summed E-state index contributed by atoms with van der Waals surface area (Å²) in [6.07, 6.45) is 6.82. The third-order valence-electron chi connectivity index (χ3n) is 3.59. The van der Waals surface area contributed by atoms with Gasteiger partial charge in [0.15, 0.2) is 17.1 Å². The third kappa shape index (κ3) is 2.03. The van der Waals surface area contributed by atoms with E-state index in [4.69, 9.17) is 11.6 Å². The van der Waals surface area contributed by atoms with E-state index < -0.39 is 0 Å². The molecule has 112 valence electrons. The van der Waals surface area contributed by atoms with Crippen LogP contribution in [-0.2, 0) is 13.6 Å². The highest BCUT2D eigenvalue weighted by Gasteiger charge is 2.16. The third-order valence-corrected chi connectivity index (χ3v) is 3.78. The van der Waals surface area contributed by atoms with E-state index in [0.29, 0.717) is 11.6 Å². The maximum Gasteiger partial charge on any atom is 0.170 e. The van der Waals surface area contributed by atoms with Crippen molar-refractivity contribution in [3.8, 4) is 0 Å². The lowest BCUT2D eigenvalue weighted by Gasteiger charge is -2.06. The van der Waals surface area contributed by atoms with Crippen molar-refractivity contribution in [2.75, 3.05) is 0 Å². The topological polar surface area (TPSA) is 78.7 Å². The van der Waals surface area contributed by atoms with Crippen molar-refractivity contribution in [1.29, 1.82) is 0 Å². The Balaban J connectivity index is 1.74. The Morgan fingerprint density at radius 1 is 1.23 bits per heavy atom. The quantitative estimate of drug-likeness (QED) is 0.574. The zero-order valence-corrected chi connectivity index (χ0v) is 12.8. The van der Waals surface area contributed by atoms with Gasteiger partial charge in [-0.05, 0) is 0 Å². The van der Waals surface area contributed by atoms with Crippen LogP contribution in [0.3, 0.4) is 0 Å². The minimum Gasteiger partial charge on any atom is -0.270 e. The molecule has 0 N–H and O–H groups in total. The molecule has 8 nitrogen and oxygen atoms in total. The first kappa shape index (κ1) is 13.2. The van der Waals surface area contributed by atoms with E-state index in [-0.39, 0.29) is 5.92 Å². The minimum absolute atomic E-state index is 0.0996. The molecule has 0 aliphatic rings. The number of rotatable bonds is 3. The van der Waals surface area contributed by atoms with Gasteiger partial charge in [0.1, 0.15) is 6.33 Å². The summed E-state index contributed by atoms with van der Waals surface area (Å²) < 4.78 is 5.20. The summed E-state index contributed by atoms with van der Waals surface area (Å²) in [5.74, 6) is 0.840. The highest BCUT2D eigenvalue weighted by Crippen LogP contribution is 2.19. The first-order valence-electron chi connectivity index (χ1n) is 6.83. The fourth-order valence-corrected chi connectivity index (χ4v) is 2.62. The van der Waals surface area contributed by atoms with Gasteiger partial charge in [0.2, 0.25) is 0 Å². The number of aryl methyl sites for hydroxylation is 1. The van der Waals surface area contributed by atoms with Crippen LogP contribution in [0.1, 0.15) is 18.7 Å². The van der Waals surface area contributed by atoms with E-state index >= 15 is 0 Å². The Bertz CT molecular complexity index is 965. The van der Waals surface area contributed by atoms with Gasteiger partial charge in [-0.2, -0.15) is 10.2 Å². The van der Waals surface area contributed by atoms with Gasteiger partial charge in [-0.15, -0.1) is 5.10 Å². The monoisotopic (exact) mass is 316 g/mol. The summed E-state index contributed by atoms with van der Waals surface area (Å²) >= 11 is 5.89. The average molecular weight is 317 g/mol. The number of fused-ring (bicyclic) bond motifs is 3. The van der Waals surface area contributed by atoms with Gasteiger partial charge in [-0.3, -0.25) is 9.36 Å². The van der Waals surface area contributed by atoms with Crippen LogP contribution in [0.15, 0.2) is 24.9 Å². The Hall–Kier alpha value is -2.48. The lowest BCUT2D eigenvalue weighted by Crippen LogP contribution is -2.08. The van der Waals surface area contributed by atoms with Gasteiger partial charge in [0, 0.05) is 19.2 Å². The molecule has 0 saturated carbocycles. The lowest BCUT2D eigenvalue weighted by atomic mass is 10.2. The molecular weight excluding hydrogens is 304 g/mol. The van der Waals surface area contributed by atoms with Gasteiger partial charge in [0.25, 0.3) is 0 Å². The van der Waals surface area contributed by atoms with Gasteiger partial charge in [-0.25, -0.2) is 14.5 Å². The van der Waals surface area contributed by atoms with Gasteiger partial charge >= 0.3 is 0 Å². The van der Waals surface area contributed by atoms with Crippen molar-refractivity contribution >= 4 is 28.3 Å². The summed E-state index contributed by atoms with van der Waals surface area (Å²) in [5, 5.41) is 14.4. The summed E-state index contributed by atoms with van der Waals surface area (Å²) in [4.78, 5) is 9.00. The van der Waals surface area contributed by atoms with Crippen LogP contribution in [0, 0.1) is 0 Å². The maximum absolute atomic E-state index is 5.89. The predicted octanol–water partition coefficient (Wildman–Crippen LogP) is 1.66. The van der Waals surface area contributed by atoms with Crippen LogP contribution >= 0.6 is 11.6 Å². The number of hydrogen-bond acceptors (Lipinski definition) is 5. The lowest BCUT2D eigenvalue weighted by molar-refractivity contribution is 0.524. The molecule has 0 amide bonds. The van der Waals surface area contributed by atoms with Crippen LogP contribution in [0.4, 0.5) is 0 Å². The van der Waals surface area contributed by atoms with Crippen molar-refractivity contribution < 1.29 is 0 Å². The second kappa shape index (κ2) is 4.77. The van der Waals surface area contributed by atoms with Gasteiger partial charge < -0.3 is 0 Å². The summed E-state index contributed by atoms with van der Waals surface area (Å²) in [6.45, 7) is 2.71. The molecular formula is C13H13ClN8. The minimum atomic E-state index is 0.0996. The molecule has 0 saturated heterocycles. The average Bonchev–Trinajstić information content (AvgIpc) is 3.17. The molecule has 4 aromatic heterocycles. The van der Waals surface area contributed by atoms with E-state index in [1.165, 1.54) is 0 Å². The molecule has 1 atom stereocenters. The Kier molecular flexibility index (Phi) is 2.86. The van der Waals surface area contributed by atoms with E-state index in [1.54, 1.807) is 38.8 Å². The number of hydrogen-bond donors (Lipinski definition) is 0. The second-order valence-corrected chi connectivity index (χ2v) is 5.71. The Labute approximate surface area is 130 Å². The predicted molar refractivity (Wildman–Crippen MR) is 80.7 cm³/mol. The highest BCUT2D eigenvalue weighted by atomic mass is 35.5. The molecule has 0 spiro atoms. The molecule has 0 unspecified atom stereocenters. The zero-order chi connectivity index (χ0) is 15.3. The van der Waals surface area contributed by atoms with E-state index in [2.05, 4.69) is 32.2 Å². The summed E-state index contributed by atoms with van der Waals surface area (Å²) in [7, 11) is 1.85. The highest BCUT2D eigenvalue weighted by molar-refractivity contribution is 6.30. The fourth-order valence-electron chi connectivity index (χ4n) is 2.46. The van der Waals surface area contributed by atoms with Crippen molar-refractivity contribution in [3.05, 3.63) is 35.8 Å². The second-order valence-electron chi connectivity index (χ2n) is 5.27. The van der Waals surface area contributed by atoms with Gasteiger partial charge in [-0.1, -0.05) is 18.5 Å². The first-order valence-corrected chi connectivity index (χ1v) is 7.20. The number of halogens is 1. The number of aromatic nitrogens is 8. The maximum atomic E-state index is 5.89. The summed E-state index contributed by atoms with van der Waals surface area (Å²) in [5.41, 5.74) is 1.55. The molecule has 0 bridgehead atoms. The molecule has 0 radical (unpaired) electrons. The Morgan fingerprint density at radius 2 is 2.09 bits per heavy atom. The van der Waals surface area contributed by atoms with Crippen LogP contribution in [0.5, 0.6) is 0 Å². The van der Waals surface area contributed by atoms with Crippen LogP contribution in [0.2, 0.25) is 5.02 Å². The van der Waals surface area contributed by atoms with E-state index in [9.17, 15) is 0 Å².